The molecule has 3 aromatic rings. The van der Waals surface area contributed by atoms with Crippen LogP contribution in [-0.2, 0) is 9.59 Å². The van der Waals surface area contributed by atoms with Crippen molar-refractivity contribution in [3.63, 3.8) is 0 Å². The summed E-state index contributed by atoms with van der Waals surface area (Å²) >= 11 is 0. The zero-order chi connectivity index (χ0) is 22.2. The van der Waals surface area contributed by atoms with E-state index in [-0.39, 0.29) is 11.6 Å². The molecule has 0 saturated carbocycles. The lowest BCUT2D eigenvalue weighted by Gasteiger charge is -2.20. The van der Waals surface area contributed by atoms with E-state index in [2.05, 4.69) is 5.32 Å². The molecule has 0 spiro atoms. The minimum absolute atomic E-state index is 0.235. The van der Waals surface area contributed by atoms with Gasteiger partial charge >= 0.3 is 0 Å². The maximum absolute atomic E-state index is 13.5. The highest BCUT2D eigenvalue weighted by atomic mass is 16.6. The van der Waals surface area contributed by atoms with Gasteiger partial charge in [-0.05, 0) is 43.2 Å². The van der Waals surface area contributed by atoms with E-state index in [1.165, 1.54) is 4.90 Å². The highest BCUT2D eigenvalue weighted by Gasteiger charge is 2.40. The first-order valence-corrected chi connectivity index (χ1v) is 10.5. The van der Waals surface area contributed by atoms with Crippen LogP contribution in [-0.4, -0.2) is 25.0 Å². The average molecular weight is 426 g/mol. The molecule has 0 aromatic heterocycles. The van der Waals surface area contributed by atoms with Crippen LogP contribution in [0.25, 0.3) is 5.57 Å². The molecule has 160 valence electrons. The van der Waals surface area contributed by atoms with E-state index < -0.39 is 5.91 Å². The Hall–Kier alpha value is -4.06. The number of rotatable bonds is 4. The molecule has 0 aliphatic carbocycles. The first kappa shape index (κ1) is 19.9. The molecule has 6 nitrogen and oxygen atoms in total. The third kappa shape index (κ3) is 3.39. The number of benzene rings is 3. The molecule has 0 unspecified atom stereocenters. The third-order valence-electron chi connectivity index (χ3n) is 5.59. The maximum atomic E-state index is 13.5. The summed E-state index contributed by atoms with van der Waals surface area (Å²) in [6.45, 7) is 4.83. The van der Waals surface area contributed by atoms with Crippen molar-refractivity contribution in [3.05, 3.63) is 89.1 Å². The second kappa shape index (κ2) is 7.89. The summed E-state index contributed by atoms with van der Waals surface area (Å²) in [7, 11) is 0. The van der Waals surface area contributed by atoms with E-state index in [4.69, 9.17) is 9.47 Å². The molecule has 2 aliphatic heterocycles. The third-order valence-corrected chi connectivity index (χ3v) is 5.59. The van der Waals surface area contributed by atoms with Gasteiger partial charge in [0.25, 0.3) is 11.8 Å². The Labute approximate surface area is 186 Å². The van der Waals surface area contributed by atoms with Gasteiger partial charge in [-0.15, -0.1) is 0 Å². The standard InChI is InChI=1S/C26H22N2O4/c1-16-7-9-18(10-8-16)23-24(27-19-11-12-21-22(15-19)32-14-13-31-21)26(30)28(25(23)29)20-6-4-3-5-17(20)2/h3-12,15,27H,13-14H2,1-2H3. The van der Waals surface area contributed by atoms with Gasteiger partial charge in [0.05, 0.1) is 11.3 Å². The number of carbonyl (C=O) groups is 2. The van der Waals surface area contributed by atoms with Crippen molar-refractivity contribution < 1.29 is 19.1 Å². The molecule has 3 aromatic carbocycles. The lowest BCUT2D eigenvalue weighted by atomic mass is 10.0. The van der Waals surface area contributed by atoms with Crippen molar-refractivity contribution in [2.45, 2.75) is 13.8 Å². The predicted octanol–water partition coefficient (Wildman–Crippen LogP) is 4.47. The molecule has 6 heteroatoms. The van der Waals surface area contributed by atoms with Crippen molar-refractivity contribution in [1.29, 1.82) is 0 Å². The fourth-order valence-corrected chi connectivity index (χ4v) is 3.93. The Morgan fingerprint density at radius 3 is 2.28 bits per heavy atom. The number of nitrogens with zero attached hydrogens (tertiary/aromatic N) is 1. The van der Waals surface area contributed by atoms with Crippen LogP contribution < -0.4 is 19.7 Å². The van der Waals surface area contributed by atoms with Crippen molar-refractivity contribution in [3.8, 4) is 11.5 Å². The quantitative estimate of drug-likeness (QED) is 0.624. The molecule has 0 radical (unpaired) electrons. The minimum Gasteiger partial charge on any atom is -0.486 e. The first-order chi connectivity index (χ1) is 15.5. The number of carbonyl (C=O) groups excluding carboxylic acids is 2. The van der Waals surface area contributed by atoms with Crippen LogP contribution >= 0.6 is 0 Å². The van der Waals surface area contributed by atoms with Crippen LogP contribution in [0, 0.1) is 13.8 Å². The van der Waals surface area contributed by atoms with Crippen molar-refractivity contribution in [2.24, 2.45) is 0 Å². The second-order valence-corrected chi connectivity index (χ2v) is 7.83. The molecule has 0 saturated heterocycles. The molecular formula is C26H22N2O4. The Morgan fingerprint density at radius 1 is 0.812 bits per heavy atom. The Balaban J connectivity index is 1.60. The van der Waals surface area contributed by atoms with Crippen LogP contribution in [0.3, 0.4) is 0 Å². The normalized spacial score (nSPS) is 15.4. The van der Waals surface area contributed by atoms with Gasteiger partial charge in [0, 0.05) is 11.8 Å². The van der Waals surface area contributed by atoms with E-state index in [0.717, 1.165) is 11.1 Å². The maximum Gasteiger partial charge on any atom is 0.282 e. The van der Waals surface area contributed by atoms with Crippen LogP contribution in [0.2, 0.25) is 0 Å². The zero-order valence-corrected chi connectivity index (χ0v) is 17.8. The second-order valence-electron chi connectivity index (χ2n) is 7.83. The van der Waals surface area contributed by atoms with Crippen LogP contribution in [0.1, 0.15) is 16.7 Å². The van der Waals surface area contributed by atoms with Crippen molar-refractivity contribution in [1.82, 2.24) is 0 Å². The number of aryl methyl sites for hydroxylation is 2. The molecule has 2 amide bonds. The monoisotopic (exact) mass is 426 g/mol. The molecule has 32 heavy (non-hydrogen) atoms. The van der Waals surface area contributed by atoms with Crippen LogP contribution in [0.15, 0.2) is 72.4 Å². The summed E-state index contributed by atoms with van der Waals surface area (Å²) in [4.78, 5) is 28.3. The SMILES string of the molecule is Cc1ccc(C2=C(Nc3ccc4c(c3)OCCO4)C(=O)N(c3ccccc3C)C2=O)cc1. The van der Waals surface area contributed by atoms with Gasteiger partial charge in [-0.3, -0.25) is 9.59 Å². The molecule has 0 fully saturated rings. The number of hydrogen-bond acceptors (Lipinski definition) is 5. The number of imide groups is 1. The molecule has 1 N–H and O–H groups in total. The van der Waals surface area contributed by atoms with Gasteiger partial charge in [-0.25, -0.2) is 4.90 Å². The van der Waals surface area contributed by atoms with E-state index in [0.29, 0.717) is 47.2 Å². The number of anilines is 2. The summed E-state index contributed by atoms with van der Waals surface area (Å²) in [6, 6.07) is 20.3. The summed E-state index contributed by atoms with van der Waals surface area (Å²) in [5.41, 5.74) is 4.39. The fraction of sp³-hybridized carbons (Fsp3) is 0.154. The summed E-state index contributed by atoms with van der Waals surface area (Å²) < 4.78 is 11.2. The first-order valence-electron chi connectivity index (χ1n) is 10.5. The van der Waals surface area contributed by atoms with E-state index >= 15 is 0 Å². The molecule has 0 bridgehead atoms. The number of amides is 2. The van der Waals surface area contributed by atoms with Crippen molar-refractivity contribution >= 4 is 28.8 Å². The lowest BCUT2D eigenvalue weighted by Crippen LogP contribution is -2.33. The summed E-state index contributed by atoms with van der Waals surface area (Å²) in [6.07, 6.45) is 0. The van der Waals surface area contributed by atoms with E-state index in [1.54, 1.807) is 18.2 Å². The fourth-order valence-electron chi connectivity index (χ4n) is 3.93. The van der Waals surface area contributed by atoms with Gasteiger partial charge < -0.3 is 14.8 Å². The van der Waals surface area contributed by atoms with Gasteiger partial charge in [-0.2, -0.15) is 0 Å². The average Bonchev–Trinajstić information content (AvgIpc) is 3.04. The van der Waals surface area contributed by atoms with Gasteiger partial charge in [0.1, 0.15) is 18.9 Å². The molecule has 5 rings (SSSR count). The summed E-state index contributed by atoms with van der Waals surface area (Å²) in [5, 5.41) is 3.19. The topological polar surface area (TPSA) is 67.9 Å². The summed E-state index contributed by atoms with van der Waals surface area (Å²) in [5.74, 6) is 0.513. The predicted molar refractivity (Wildman–Crippen MR) is 123 cm³/mol. The highest BCUT2D eigenvalue weighted by Crippen LogP contribution is 2.37. The van der Waals surface area contributed by atoms with Crippen LogP contribution in [0.5, 0.6) is 11.5 Å². The van der Waals surface area contributed by atoms with Gasteiger partial charge in [0.2, 0.25) is 0 Å². The van der Waals surface area contributed by atoms with Gasteiger partial charge in [0.15, 0.2) is 11.5 Å². The lowest BCUT2D eigenvalue weighted by molar-refractivity contribution is -0.120. The number of nitrogens with one attached hydrogen (secondary N) is 1. The number of para-hydroxylation sites is 1. The van der Waals surface area contributed by atoms with Crippen molar-refractivity contribution in [2.75, 3.05) is 23.4 Å². The smallest absolute Gasteiger partial charge is 0.282 e. The Morgan fingerprint density at radius 2 is 1.53 bits per heavy atom. The zero-order valence-electron chi connectivity index (χ0n) is 17.8. The minimum atomic E-state index is -0.394. The van der Waals surface area contributed by atoms with Crippen LogP contribution in [0.4, 0.5) is 11.4 Å². The van der Waals surface area contributed by atoms with Gasteiger partial charge in [-0.1, -0.05) is 48.0 Å². The highest BCUT2D eigenvalue weighted by molar-refractivity contribution is 6.46. The van der Waals surface area contributed by atoms with E-state index in [1.807, 2.05) is 62.4 Å². The molecular weight excluding hydrogens is 404 g/mol. The number of fused-ring (bicyclic) bond motifs is 1. The Bertz CT molecular complexity index is 1260. The van der Waals surface area contributed by atoms with E-state index in [9.17, 15) is 9.59 Å². The number of hydrogen-bond donors (Lipinski definition) is 1. The molecule has 2 heterocycles. The molecule has 2 aliphatic rings. The molecule has 0 atom stereocenters. The number of ether oxygens (including phenoxy) is 2. The largest absolute Gasteiger partial charge is 0.486 e. The Kier molecular flexibility index (Phi) is 4.90.